The van der Waals surface area contributed by atoms with Gasteiger partial charge in [0.15, 0.2) is 0 Å². The number of aromatic nitrogens is 3. The van der Waals surface area contributed by atoms with E-state index < -0.39 is 0 Å². The monoisotopic (exact) mass is 300 g/mol. The number of piperidine rings is 1. The number of likely N-dealkylation sites (tertiary alicyclic amines) is 1. The molecule has 0 saturated carbocycles. The van der Waals surface area contributed by atoms with Crippen molar-refractivity contribution in [3.8, 4) is 0 Å². The highest BCUT2D eigenvalue weighted by molar-refractivity contribution is 5.88. The van der Waals surface area contributed by atoms with Gasteiger partial charge < -0.3 is 4.90 Å². The fraction of sp³-hybridized carbons (Fsp3) is 0.500. The molecule has 0 spiro atoms. The van der Waals surface area contributed by atoms with Crippen molar-refractivity contribution in [3.63, 3.8) is 0 Å². The number of para-hydroxylation sites is 1. The van der Waals surface area contributed by atoms with Gasteiger partial charge >= 0.3 is 0 Å². The van der Waals surface area contributed by atoms with E-state index in [0.29, 0.717) is 18.8 Å². The third-order valence-corrected chi connectivity index (χ3v) is 4.32. The van der Waals surface area contributed by atoms with Crippen LogP contribution in [0.5, 0.6) is 0 Å². The van der Waals surface area contributed by atoms with Crippen LogP contribution in [0.25, 0.3) is 11.0 Å². The summed E-state index contributed by atoms with van der Waals surface area (Å²) in [6.45, 7) is 3.39. The van der Waals surface area contributed by atoms with Gasteiger partial charge in [-0.3, -0.25) is 9.59 Å². The molecule has 0 unspecified atom stereocenters. The van der Waals surface area contributed by atoms with Crippen molar-refractivity contribution in [2.45, 2.75) is 32.6 Å². The van der Waals surface area contributed by atoms with Crippen LogP contribution in [0.3, 0.4) is 0 Å². The molecular formula is C16H20N4O2. The second kappa shape index (κ2) is 6.25. The summed E-state index contributed by atoms with van der Waals surface area (Å²) in [5, 5.41) is 7.99. The van der Waals surface area contributed by atoms with E-state index in [4.69, 9.17) is 0 Å². The number of fused-ring (bicyclic) bond motifs is 1. The quantitative estimate of drug-likeness (QED) is 0.870. The normalized spacial score (nSPS) is 16.1. The Balaban J connectivity index is 1.62. The van der Waals surface area contributed by atoms with Crippen molar-refractivity contribution < 1.29 is 9.59 Å². The number of amides is 1. The maximum absolute atomic E-state index is 12.4. The van der Waals surface area contributed by atoms with Crippen LogP contribution in [0.4, 0.5) is 0 Å². The smallest absolute Gasteiger partial charge is 0.249 e. The van der Waals surface area contributed by atoms with Gasteiger partial charge in [-0.25, -0.2) is 0 Å². The minimum Gasteiger partial charge on any atom is -0.343 e. The zero-order valence-electron chi connectivity index (χ0n) is 12.7. The molecule has 116 valence electrons. The van der Waals surface area contributed by atoms with Gasteiger partial charge in [-0.15, -0.1) is 5.10 Å². The fourth-order valence-corrected chi connectivity index (χ4v) is 3.00. The molecule has 0 bridgehead atoms. The highest BCUT2D eigenvalue weighted by atomic mass is 16.2. The van der Waals surface area contributed by atoms with E-state index in [1.807, 2.05) is 36.1 Å². The SMILES string of the molecule is CCC(=O)N1CCC(CC(=O)n2nnc3ccccc32)CC1. The van der Waals surface area contributed by atoms with E-state index in [-0.39, 0.29) is 11.8 Å². The maximum atomic E-state index is 12.4. The fourth-order valence-electron chi connectivity index (χ4n) is 3.00. The molecule has 1 aromatic heterocycles. The second-order valence-corrected chi connectivity index (χ2v) is 5.77. The first-order valence-corrected chi connectivity index (χ1v) is 7.80. The van der Waals surface area contributed by atoms with E-state index in [0.717, 1.165) is 37.0 Å². The molecule has 2 heterocycles. The first-order valence-electron chi connectivity index (χ1n) is 7.80. The maximum Gasteiger partial charge on any atom is 0.249 e. The average molecular weight is 300 g/mol. The number of hydrogen-bond donors (Lipinski definition) is 0. The Morgan fingerprint density at radius 3 is 2.64 bits per heavy atom. The zero-order valence-corrected chi connectivity index (χ0v) is 12.7. The minimum atomic E-state index is -0.0195. The minimum absolute atomic E-state index is 0.0195. The summed E-state index contributed by atoms with van der Waals surface area (Å²) in [5.74, 6) is 0.498. The molecule has 0 aliphatic carbocycles. The second-order valence-electron chi connectivity index (χ2n) is 5.77. The van der Waals surface area contributed by atoms with Crippen LogP contribution < -0.4 is 0 Å². The van der Waals surface area contributed by atoms with Gasteiger partial charge in [-0.05, 0) is 30.9 Å². The highest BCUT2D eigenvalue weighted by Gasteiger charge is 2.24. The van der Waals surface area contributed by atoms with Crippen LogP contribution in [0, 0.1) is 5.92 Å². The van der Waals surface area contributed by atoms with Gasteiger partial charge in [0, 0.05) is 25.9 Å². The summed E-state index contributed by atoms with van der Waals surface area (Å²) in [6, 6.07) is 7.47. The molecule has 1 fully saturated rings. The zero-order chi connectivity index (χ0) is 15.5. The topological polar surface area (TPSA) is 68.1 Å². The molecule has 0 atom stereocenters. The molecule has 1 aliphatic heterocycles. The van der Waals surface area contributed by atoms with Gasteiger partial charge in [0.05, 0.1) is 5.52 Å². The number of carbonyl (C=O) groups is 2. The Hall–Kier alpha value is -2.24. The molecule has 3 rings (SSSR count). The molecule has 1 aromatic carbocycles. The van der Waals surface area contributed by atoms with E-state index in [2.05, 4.69) is 10.3 Å². The van der Waals surface area contributed by atoms with Gasteiger partial charge in [0.25, 0.3) is 0 Å². The summed E-state index contributed by atoms with van der Waals surface area (Å²) in [4.78, 5) is 26.0. The predicted molar refractivity (Wildman–Crippen MR) is 82.4 cm³/mol. The lowest BCUT2D eigenvalue weighted by Crippen LogP contribution is -2.38. The Morgan fingerprint density at radius 1 is 1.18 bits per heavy atom. The first-order chi connectivity index (χ1) is 10.7. The molecule has 6 nitrogen and oxygen atoms in total. The number of hydrogen-bond acceptors (Lipinski definition) is 4. The third kappa shape index (κ3) is 2.86. The summed E-state index contributed by atoms with van der Waals surface area (Å²) >= 11 is 0. The Bertz CT molecular complexity index is 686. The Morgan fingerprint density at radius 2 is 1.91 bits per heavy atom. The largest absolute Gasteiger partial charge is 0.343 e. The van der Waals surface area contributed by atoms with Crippen molar-refractivity contribution in [3.05, 3.63) is 24.3 Å². The standard InChI is InChI=1S/C16H20N4O2/c1-2-15(21)19-9-7-12(8-10-19)11-16(22)20-14-6-4-3-5-13(14)17-18-20/h3-6,12H,2,7-11H2,1H3. The van der Waals surface area contributed by atoms with Crippen molar-refractivity contribution in [2.75, 3.05) is 13.1 Å². The number of carbonyl (C=O) groups excluding carboxylic acids is 2. The third-order valence-electron chi connectivity index (χ3n) is 4.32. The van der Waals surface area contributed by atoms with Crippen molar-refractivity contribution in [1.29, 1.82) is 0 Å². The summed E-state index contributed by atoms with van der Waals surface area (Å²) in [7, 11) is 0. The Labute approximate surface area is 129 Å². The molecular weight excluding hydrogens is 280 g/mol. The molecule has 1 saturated heterocycles. The molecule has 6 heteroatoms. The van der Waals surface area contributed by atoms with Crippen molar-refractivity contribution >= 4 is 22.8 Å². The molecule has 0 N–H and O–H groups in total. The van der Waals surface area contributed by atoms with Crippen LogP contribution in [0.1, 0.15) is 37.4 Å². The van der Waals surface area contributed by atoms with Gasteiger partial charge in [0.1, 0.15) is 5.52 Å². The number of rotatable bonds is 3. The van der Waals surface area contributed by atoms with Crippen LogP contribution in [0.15, 0.2) is 24.3 Å². The molecule has 1 amide bonds. The molecule has 2 aromatic rings. The van der Waals surface area contributed by atoms with Gasteiger partial charge in [-0.1, -0.05) is 24.3 Å². The summed E-state index contributed by atoms with van der Waals surface area (Å²) in [5.41, 5.74) is 1.49. The predicted octanol–water partition coefficient (Wildman–Crippen LogP) is 2.11. The lowest BCUT2D eigenvalue weighted by Gasteiger charge is -2.31. The molecule has 1 aliphatic rings. The van der Waals surface area contributed by atoms with E-state index in [1.54, 1.807) is 0 Å². The average Bonchev–Trinajstić information content (AvgIpc) is 2.99. The number of nitrogens with zero attached hydrogens (tertiary/aromatic N) is 4. The van der Waals surface area contributed by atoms with E-state index in [9.17, 15) is 9.59 Å². The molecule has 22 heavy (non-hydrogen) atoms. The number of benzene rings is 1. The lowest BCUT2D eigenvalue weighted by atomic mass is 9.93. The van der Waals surface area contributed by atoms with Gasteiger partial charge in [0.2, 0.25) is 11.8 Å². The lowest BCUT2D eigenvalue weighted by molar-refractivity contribution is -0.132. The van der Waals surface area contributed by atoms with Crippen LogP contribution >= 0.6 is 0 Å². The first kappa shape index (κ1) is 14.7. The van der Waals surface area contributed by atoms with Crippen LogP contribution in [-0.4, -0.2) is 44.8 Å². The molecule has 0 radical (unpaired) electrons. The van der Waals surface area contributed by atoms with Crippen molar-refractivity contribution in [2.24, 2.45) is 5.92 Å². The van der Waals surface area contributed by atoms with Crippen molar-refractivity contribution in [1.82, 2.24) is 19.9 Å². The van der Waals surface area contributed by atoms with E-state index >= 15 is 0 Å². The van der Waals surface area contributed by atoms with Gasteiger partial charge in [-0.2, -0.15) is 4.68 Å². The summed E-state index contributed by atoms with van der Waals surface area (Å²) < 4.78 is 1.40. The Kier molecular flexibility index (Phi) is 4.18. The van der Waals surface area contributed by atoms with E-state index in [1.165, 1.54) is 4.68 Å². The van der Waals surface area contributed by atoms with Crippen LogP contribution in [-0.2, 0) is 4.79 Å². The highest BCUT2D eigenvalue weighted by Crippen LogP contribution is 2.22. The van der Waals surface area contributed by atoms with Crippen LogP contribution in [0.2, 0.25) is 0 Å². The summed E-state index contributed by atoms with van der Waals surface area (Å²) in [6.07, 6.45) is 2.77.